The topological polar surface area (TPSA) is 114 Å². The summed E-state index contributed by atoms with van der Waals surface area (Å²) in [6.45, 7) is 0.641. The Hall–Kier alpha value is -1.38. The SMILES string of the molecule is NCCCNS(=O)(=O)c1cc(C(=O)O)n(C2CC2)c1. The molecule has 0 amide bonds. The minimum atomic E-state index is -3.66. The third kappa shape index (κ3) is 3.14. The number of hydrogen-bond acceptors (Lipinski definition) is 4. The van der Waals surface area contributed by atoms with Crippen LogP contribution in [0.25, 0.3) is 0 Å². The molecule has 8 heteroatoms. The van der Waals surface area contributed by atoms with Crippen molar-refractivity contribution in [3.8, 4) is 0 Å². The number of carbonyl (C=O) groups is 1. The third-order valence-electron chi connectivity index (χ3n) is 2.97. The van der Waals surface area contributed by atoms with Gasteiger partial charge in [-0.3, -0.25) is 0 Å². The van der Waals surface area contributed by atoms with Gasteiger partial charge in [0.1, 0.15) is 10.6 Å². The lowest BCUT2D eigenvalue weighted by Crippen LogP contribution is -2.25. The maximum atomic E-state index is 12.0. The zero-order valence-corrected chi connectivity index (χ0v) is 11.2. The first-order chi connectivity index (χ1) is 8.95. The van der Waals surface area contributed by atoms with Crippen molar-refractivity contribution in [1.29, 1.82) is 0 Å². The van der Waals surface area contributed by atoms with E-state index in [0.29, 0.717) is 13.0 Å². The summed E-state index contributed by atoms with van der Waals surface area (Å²) in [4.78, 5) is 11.1. The molecule has 0 atom stereocenters. The lowest BCUT2D eigenvalue weighted by Gasteiger charge is -2.03. The Morgan fingerprint density at radius 1 is 1.53 bits per heavy atom. The van der Waals surface area contributed by atoms with Crippen molar-refractivity contribution in [2.45, 2.75) is 30.2 Å². The first kappa shape index (κ1) is 14.0. The molecule has 0 bridgehead atoms. The summed E-state index contributed by atoms with van der Waals surface area (Å²) >= 11 is 0. The maximum absolute atomic E-state index is 12.0. The number of nitrogens with two attached hydrogens (primary N) is 1. The zero-order chi connectivity index (χ0) is 14.0. The molecule has 0 aliphatic heterocycles. The van der Waals surface area contributed by atoms with E-state index in [-0.39, 0.29) is 23.2 Å². The van der Waals surface area contributed by atoms with Crippen molar-refractivity contribution in [1.82, 2.24) is 9.29 Å². The number of rotatable bonds is 7. The van der Waals surface area contributed by atoms with Crippen LogP contribution >= 0.6 is 0 Å². The van der Waals surface area contributed by atoms with Gasteiger partial charge in [0.25, 0.3) is 0 Å². The maximum Gasteiger partial charge on any atom is 0.352 e. The number of nitrogens with zero attached hydrogens (tertiary/aromatic N) is 1. The molecule has 0 spiro atoms. The number of carboxylic acid groups (broad SMARTS) is 1. The fourth-order valence-electron chi connectivity index (χ4n) is 1.82. The highest BCUT2D eigenvalue weighted by atomic mass is 32.2. The van der Waals surface area contributed by atoms with Crippen molar-refractivity contribution in [2.75, 3.05) is 13.1 Å². The van der Waals surface area contributed by atoms with Crippen LogP contribution in [0.1, 0.15) is 35.8 Å². The molecular formula is C11H17N3O4S. The normalized spacial score (nSPS) is 15.6. The van der Waals surface area contributed by atoms with Gasteiger partial charge in [0, 0.05) is 18.8 Å². The quantitative estimate of drug-likeness (QED) is 0.617. The highest BCUT2D eigenvalue weighted by Gasteiger charge is 2.30. The van der Waals surface area contributed by atoms with Crippen LogP contribution in [0.4, 0.5) is 0 Å². The summed E-state index contributed by atoms with van der Waals surface area (Å²) in [6.07, 6.45) is 3.70. The van der Waals surface area contributed by atoms with Gasteiger partial charge >= 0.3 is 5.97 Å². The predicted octanol–water partition coefficient (Wildman–Crippen LogP) is 0.148. The molecule has 0 saturated heterocycles. The molecule has 1 saturated carbocycles. The van der Waals surface area contributed by atoms with E-state index in [1.165, 1.54) is 16.8 Å². The Labute approximate surface area is 111 Å². The third-order valence-corrected chi connectivity index (χ3v) is 4.39. The van der Waals surface area contributed by atoms with E-state index >= 15 is 0 Å². The van der Waals surface area contributed by atoms with Gasteiger partial charge in [-0.15, -0.1) is 0 Å². The standard InChI is InChI=1S/C11H17N3O4S/c12-4-1-5-13-19(17,18)9-6-10(11(15)16)14(7-9)8-2-3-8/h6-8,13H,1-5,12H2,(H,15,16). The van der Waals surface area contributed by atoms with E-state index < -0.39 is 16.0 Å². The van der Waals surface area contributed by atoms with Crippen LogP contribution in [-0.4, -0.2) is 37.2 Å². The number of nitrogens with one attached hydrogen (secondary N) is 1. The van der Waals surface area contributed by atoms with Gasteiger partial charge in [0.05, 0.1) is 0 Å². The summed E-state index contributed by atoms with van der Waals surface area (Å²) in [6, 6.07) is 1.31. The number of aromatic nitrogens is 1. The first-order valence-electron chi connectivity index (χ1n) is 6.10. The smallest absolute Gasteiger partial charge is 0.352 e. The first-order valence-corrected chi connectivity index (χ1v) is 7.59. The second-order valence-electron chi connectivity index (χ2n) is 4.54. The zero-order valence-electron chi connectivity index (χ0n) is 10.4. The van der Waals surface area contributed by atoms with Crippen LogP contribution in [-0.2, 0) is 10.0 Å². The fraction of sp³-hybridized carbons (Fsp3) is 0.545. The molecule has 106 valence electrons. The number of carboxylic acids is 1. The number of sulfonamides is 1. The summed E-state index contributed by atoms with van der Waals surface area (Å²) in [5, 5.41) is 9.08. The van der Waals surface area contributed by atoms with E-state index in [0.717, 1.165) is 12.8 Å². The molecule has 1 aromatic heterocycles. The lowest BCUT2D eigenvalue weighted by molar-refractivity contribution is 0.0685. The summed E-state index contributed by atoms with van der Waals surface area (Å²) < 4.78 is 27.9. The Morgan fingerprint density at radius 2 is 2.21 bits per heavy atom. The molecule has 1 heterocycles. The molecule has 19 heavy (non-hydrogen) atoms. The summed E-state index contributed by atoms with van der Waals surface area (Å²) in [5.41, 5.74) is 5.31. The van der Waals surface area contributed by atoms with Crippen LogP contribution in [0.2, 0.25) is 0 Å². The molecule has 1 aliphatic carbocycles. The molecule has 0 radical (unpaired) electrons. The minimum Gasteiger partial charge on any atom is -0.477 e. The molecule has 1 aromatic rings. The van der Waals surface area contributed by atoms with Crippen LogP contribution in [0.3, 0.4) is 0 Å². The van der Waals surface area contributed by atoms with Crippen LogP contribution in [0.15, 0.2) is 17.2 Å². The Kier molecular flexibility index (Phi) is 3.93. The van der Waals surface area contributed by atoms with Gasteiger partial charge in [-0.05, 0) is 31.9 Å². The molecule has 4 N–H and O–H groups in total. The fourth-order valence-corrected chi connectivity index (χ4v) is 2.92. The molecule has 7 nitrogen and oxygen atoms in total. The van der Waals surface area contributed by atoms with E-state index in [1.54, 1.807) is 0 Å². The van der Waals surface area contributed by atoms with Gasteiger partial charge in [-0.25, -0.2) is 17.9 Å². The molecule has 1 aliphatic rings. The van der Waals surface area contributed by atoms with Crippen molar-refractivity contribution in [3.05, 3.63) is 18.0 Å². The van der Waals surface area contributed by atoms with Gasteiger partial charge in [-0.2, -0.15) is 0 Å². The largest absolute Gasteiger partial charge is 0.477 e. The summed E-state index contributed by atoms with van der Waals surface area (Å²) in [7, 11) is -3.66. The van der Waals surface area contributed by atoms with Gasteiger partial charge in [0.15, 0.2) is 0 Å². The van der Waals surface area contributed by atoms with E-state index in [1.807, 2.05) is 0 Å². The van der Waals surface area contributed by atoms with E-state index in [2.05, 4.69) is 4.72 Å². The minimum absolute atomic E-state index is 0.00572. The predicted molar refractivity (Wildman–Crippen MR) is 68.5 cm³/mol. The molecular weight excluding hydrogens is 270 g/mol. The van der Waals surface area contributed by atoms with E-state index in [4.69, 9.17) is 10.8 Å². The second kappa shape index (κ2) is 5.32. The molecule has 2 rings (SSSR count). The van der Waals surface area contributed by atoms with Crippen molar-refractivity contribution >= 4 is 16.0 Å². The number of aromatic carboxylic acids is 1. The molecule has 1 fully saturated rings. The van der Waals surface area contributed by atoms with Crippen molar-refractivity contribution in [2.24, 2.45) is 5.73 Å². The Morgan fingerprint density at radius 3 is 2.74 bits per heavy atom. The monoisotopic (exact) mass is 287 g/mol. The molecule has 0 aromatic carbocycles. The summed E-state index contributed by atoms with van der Waals surface area (Å²) in [5.74, 6) is -1.12. The van der Waals surface area contributed by atoms with Crippen molar-refractivity contribution in [3.63, 3.8) is 0 Å². The molecule has 0 unspecified atom stereocenters. The average molecular weight is 287 g/mol. The van der Waals surface area contributed by atoms with Crippen LogP contribution in [0.5, 0.6) is 0 Å². The van der Waals surface area contributed by atoms with Gasteiger partial charge in [-0.1, -0.05) is 0 Å². The highest BCUT2D eigenvalue weighted by Crippen LogP contribution is 2.37. The highest BCUT2D eigenvalue weighted by molar-refractivity contribution is 7.89. The van der Waals surface area contributed by atoms with Crippen LogP contribution in [0, 0.1) is 0 Å². The Balaban J connectivity index is 2.24. The second-order valence-corrected chi connectivity index (χ2v) is 6.31. The van der Waals surface area contributed by atoms with E-state index in [9.17, 15) is 13.2 Å². The van der Waals surface area contributed by atoms with Gasteiger partial charge < -0.3 is 15.4 Å². The average Bonchev–Trinajstić information content (AvgIpc) is 3.07. The number of hydrogen-bond donors (Lipinski definition) is 3. The van der Waals surface area contributed by atoms with Crippen molar-refractivity contribution < 1.29 is 18.3 Å². The van der Waals surface area contributed by atoms with Crippen LogP contribution < -0.4 is 10.5 Å². The lowest BCUT2D eigenvalue weighted by atomic mass is 10.4. The Bertz CT molecular complexity index is 575. The van der Waals surface area contributed by atoms with Gasteiger partial charge in [0.2, 0.25) is 10.0 Å².